The van der Waals surface area contributed by atoms with Gasteiger partial charge in [-0.15, -0.1) is 0 Å². The van der Waals surface area contributed by atoms with E-state index in [4.69, 9.17) is 5.73 Å². The van der Waals surface area contributed by atoms with Gasteiger partial charge in [-0.3, -0.25) is 0 Å². The molecule has 0 aliphatic heterocycles. The maximum atomic E-state index is 13.1. The maximum absolute atomic E-state index is 13.1. The maximum Gasteiger partial charge on any atom is 0.125 e. The normalized spacial score (nSPS) is 14.1. The lowest BCUT2D eigenvalue weighted by Crippen LogP contribution is -2.28. The molecule has 2 rings (SSSR count). The highest BCUT2D eigenvalue weighted by Gasteiger charge is 2.17. The Balaban J connectivity index is 2.12. The molecule has 0 saturated heterocycles. The van der Waals surface area contributed by atoms with Gasteiger partial charge in [0.2, 0.25) is 0 Å². The Labute approximate surface area is 107 Å². The van der Waals surface area contributed by atoms with Crippen LogP contribution in [-0.2, 0) is 6.42 Å². The fourth-order valence-electron chi connectivity index (χ4n) is 2.24. The summed E-state index contributed by atoms with van der Waals surface area (Å²) in [6, 6.07) is 4.62. The van der Waals surface area contributed by atoms with Crippen LogP contribution in [-0.4, -0.2) is 16.0 Å². The molecule has 1 atom stereocenters. The van der Waals surface area contributed by atoms with Gasteiger partial charge in [0.15, 0.2) is 0 Å². The van der Waals surface area contributed by atoms with E-state index in [0.717, 1.165) is 23.3 Å². The lowest BCUT2D eigenvalue weighted by Gasteiger charge is -2.22. The van der Waals surface area contributed by atoms with Gasteiger partial charge in [0.25, 0.3) is 0 Å². The molecule has 3 nitrogen and oxygen atoms in total. The van der Waals surface area contributed by atoms with Crippen LogP contribution in [0.1, 0.15) is 33.0 Å². The number of nitrogens with one attached hydrogen (secondary N) is 1. The van der Waals surface area contributed by atoms with Crippen molar-refractivity contribution >= 4 is 11.0 Å². The standard InChI is InChI=1S/C14H20FN3/c1-14(2,3)8-10(16)7-13-17-11-5-4-9(15)6-12(11)18-13/h4-6,10H,7-8,16H2,1-3H3,(H,17,18). The number of imidazole rings is 1. The molecule has 1 heterocycles. The topological polar surface area (TPSA) is 54.7 Å². The molecule has 18 heavy (non-hydrogen) atoms. The Morgan fingerprint density at radius 1 is 1.39 bits per heavy atom. The van der Waals surface area contributed by atoms with Crippen LogP contribution in [0.3, 0.4) is 0 Å². The quantitative estimate of drug-likeness (QED) is 0.878. The van der Waals surface area contributed by atoms with E-state index in [0.29, 0.717) is 6.42 Å². The van der Waals surface area contributed by atoms with Crippen LogP contribution in [0.15, 0.2) is 18.2 Å². The third-order valence-corrected chi connectivity index (χ3v) is 2.82. The Morgan fingerprint density at radius 3 is 2.78 bits per heavy atom. The van der Waals surface area contributed by atoms with Crippen LogP contribution in [0.4, 0.5) is 4.39 Å². The third-order valence-electron chi connectivity index (χ3n) is 2.82. The number of hydrogen-bond acceptors (Lipinski definition) is 2. The lowest BCUT2D eigenvalue weighted by molar-refractivity contribution is 0.337. The third kappa shape index (κ3) is 3.29. The van der Waals surface area contributed by atoms with Gasteiger partial charge in [0.1, 0.15) is 11.6 Å². The molecular formula is C14H20FN3. The van der Waals surface area contributed by atoms with Gasteiger partial charge in [-0.05, 0) is 30.0 Å². The van der Waals surface area contributed by atoms with Crippen molar-refractivity contribution < 1.29 is 4.39 Å². The molecule has 0 radical (unpaired) electrons. The van der Waals surface area contributed by atoms with Gasteiger partial charge >= 0.3 is 0 Å². The average molecular weight is 249 g/mol. The van der Waals surface area contributed by atoms with E-state index < -0.39 is 0 Å². The van der Waals surface area contributed by atoms with Gasteiger partial charge in [-0.25, -0.2) is 9.37 Å². The van der Waals surface area contributed by atoms with E-state index >= 15 is 0 Å². The van der Waals surface area contributed by atoms with Crippen LogP contribution in [0.25, 0.3) is 11.0 Å². The molecule has 0 spiro atoms. The highest BCUT2D eigenvalue weighted by atomic mass is 19.1. The van der Waals surface area contributed by atoms with Gasteiger partial charge in [-0.1, -0.05) is 20.8 Å². The Kier molecular flexibility index (Phi) is 3.39. The molecule has 0 bridgehead atoms. The average Bonchev–Trinajstić information content (AvgIpc) is 2.55. The molecule has 0 fully saturated rings. The van der Waals surface area contributed by atoms with Gasteiger partial charge < -0.3 is 10.7 Å². The van der Waals surface area contributed by atoms with Crippen molar-refractivity contribution in [3.05, 3.63) is 29.8 Å². The molecule has 1 unspecified atom stereocenters. The molecule has 2 aromatic rings. The first kappa shape index (κ1) is 13.0. The smallest absolute Gasteiger partial charge is 0.125 e. The van der Waals surface area contributed by atoms with Crippen LogP contribution in [0.2, 0.25) is 0 Å². The summed E-state index contributed by atoms with van der Waals surface area (Å²) in [6.45, 7) is 6.50. The van der Waals surface area contributed by atoms with Crippen molar-refractivity contribution in [1.29, 1.82) is 0 Å². The SMILES string of the molecule is CC(C)(C)CC(N)Cc1nc2ccc(F)cc2[nH]1. The largest absolute Gasteiger partial charge is 0.342 e. The molecule has 0 aliphatic carbocycles. The predicted octanol–water partition coefficient (Wildman–Crippen LogP) is 3.01. The fourth-order valence-corrected chi connectivity index (χ4v) is 2.24. The number of hydrogen-bond donors (Lipinski definition) is 2. The molecular weight excluding hydrogens is 229 g/mol. The van der Waals surface area contributed by atoms with Gasteiger partial charge in [-0.2, -0.15) is 0 Å². The zero-order valence-electron chi connectivity index (χ0n) is 11.1. The molecule has 1 aromatic carbocycles. The van der Waals surface area contributed by atoms with Crippen molar-refractivity contribution in [3.63, 3.8) is 0 Å². The first-order valence-electron chi connectivity index (χ1n) is 6.23. The molecule has 0 aliphatic rings. The number of nitrogens with two attached hydrogens (primary N) is 1. The Hall–Kier alpha value is -1.42. The minimum Gasteiger partial charge on any atom is -0.342 e. The predicted molar refractivity (Wildman–Crippen MR) is 71.8 cm³/mol. The van der Waals surface area contributed by atoms with E-state index in [1.165, 1.54) is 12.1 Å². The minimum atomic E-state index is -0.253. The van der Waals surface area contributed by atoms with Crippen molar-refractivity contribution in [2.75, 3.05) is 0 Å². The number of fused-ring (bicyclic) bond motifs is 1. The first-order chi connectivity index (χ1) is 8.33. The monoisotopic (exact) mass is 249 g/mol. The summed E-state index contributed by atoms with van der Waals surface area (Å²) in [5.74, 6) is 0.573. The Bertz CT molecular complexity index is 539. The van der Waals surface area contributed by atoms with Crippen molar-refractivity contribution in [2.45, 2.75) is 39.7 Å². The van der Waals surface area contributed by atoms with E-state index in [-0.39, 0.29) is 17.3 Å². The first-order valence-corrected chi connectivity index (χ1v) is 6.23. The number of rotatable bonds is 3. The van der Waals surface area contributed by atoms with Crippen molar-refractivity contribution in [3.8, 4) is 0 Å². The molecule has 4 heteroatoms. The number of aromatic amines is 1. The minimum absolute atomic E-state index is 0.0652. The van der Waals surface area contributed by atoms with Crippen LogP contribution >= 0.6 is 0 Å². The van der Waals surface area contributed by atoms with E-state index in [1.54, 1.807) is 6.07 Å². The van der Waals surface area contributed by atoms with E-state index in [1.807, 2.05) is 0 Å². The van der Waals surface area contributed by atoms with Gasteiger partial charge in [0, 0.05) is 12.5 Å². The molecule has 3 N–H and O–H groups in total. The summed E-state index contributed by atoms with van der Waals surface area (Å²) in [7, 11) is 0. The number of aromatic nitrogens is 2. The fraction of sp³-hybridized carbons (Fsp3) is 0.500. The van der Waals surface area contributed by atoms with Crippen LogP contribution in [0.5, 0.6) is 0 Å². The number of halogens is 1. The summed E-state index contributed by atoms with van der Waals surface area (Å²) < 4.78 is 13.1. The second-order valence-corrected chi connectivity index (χ2v) is 6.07. The lowest BCUT2D eigenvalue weighted by atomic mass is 9.87. The van der Waals surface area contributed by atoms with Crippen molar-refractivity contribution in [1.82, 2.24) is 9.97 Å². The van der Waals surface area contributed by atoms with Crippen LogP contribution in [0, 0.1) is 11.2 Å². The summed E-state index contributed by atoms with van der Waals surface area (Å²) >= 11 is 0. The van der Waals surface area contributed by atoms with Gasteiger partial charge in [0.05, 0.1) is 11.0 Å². The highest BCUT2D eigenvalue weighted by molar-refractivity contribution is 5.74. The summed E-state index contributed by atoms with van der Waals surface area (Å²) in [5, 5.41) is 0. The molecule has 0 amide bonds. The zero-order valence-corrected chi connectivity index (χ0v) is 11.1. The zero-order chi connectivity index (χ0) is 13.3. The van der Waals surface area contributed by atoms with Crippen molar-refractivity contribution in [2.24, 2.45) is 11.1 Å². The highest BCUT2D eigenvalue weighted by Crippen LogP contribution is 2.21. The molecule has 98 valence electrons. The Morgan fingerprint density at radius 2 is 2.11 bits per heavy atom. The second kappa shape index (κ2) is 4.69. The second-order valence-electron chi connectivity index (χ2n) is 6.07. The number of H-pyrrole nitrogens is 1. The van der Waals surface area contributed by atoms with E-state index in [2.05, 4.69) is 30.7 Å². The summed E-state index contributed by atoms with van der Waals surface area (Å²) in [4.78, 5) is 7.54. The summed E-state index contributed by atoms with van der Waals surface area (Å²) in [5.41, 5.74) is 7.83. The summed E-state index contributed by atoms with van der Waals surface area (Å²) in [6.07, 6.45) is 1.62. The number of nitrogens with zero attached hydrogens (tertiary/aromatic N) is 1. The van der Waals surface area contributed by atoms with Crippen LogP contribution < -0.4 is 5.73 Å². The molecule has 0 saturated carbocycles. The number of benzene rings is 1. The van der Waals surface area contributed by atoms with E-state index in [9.17, 15) is 4.39 Å². The molecule has 1 aromatic heterocycles.